The zero-order valence-corrected chi connectivity index (χ0v) is 24.3. The number of rotatable bonds is 9. The monoisotopic (exact) mass is 572 g/mol. The highest BCUT2D eigenvalue weighted by Crippen LogP contribution is 2.35. The highest BCUT2D eigenvalue weighted by atomic mass is 16.2. The van der Waals surface area contributed by atoms with E-state index in [1.807, 2.05) is 97.1 Å². The first-order valence-corrected chi connectivity index (χ1v) is 14.6. The van der Waals surface area contributed by atoms with Crippen LogP contribution in [0.3, 0.4) is 0 Å². The number of carbonyl (C=O) groups is 3. The van der Waals surface area contributed by atoms with Gasteiger partial charge < -0.3 is 21.7 Å². The van der Waals surface area contributed by atoms with Crippen molar-refractivity contribution in [2.24, 2.45) is 11.7 Å². The van der Waals surface area contributed by atoms with Gasteiger partial charge in [-0.25, -0.2) is 0 Å². The van der Waals surface area contributed by atoms with Crippen LogP contribution in [0.2, 0.25) is 0 Å². The van der Waals surface area contributed by atoms with E-state index in [0.717, 1.165) is 34.2 Å². The van der Waals surface area contributed by atoms with Crippen LogP contribution in [0.25, 0.3) is 16.7 Å². The van der Waals surface area contributed by atoms with Crippen molar-refractivity contribution in [1.29, 1.82) is 0 Å². The molecular weight excluding hydrogens is 536 g/mol. The number of hydrogen-bond donors (Lipinski definition) is 4. The number of hydrogen-bond acceptors (Lipinski definition) is 4. The minimum absolute atomic E-state index is 0.132. The van der Waals surface area contributed by atoms with Crippen molar-refractivity contribution in [2.75, 3.05) is 10.6 Å². The van der Waals surface area contributed by atoms with Crippen molar-refractivity contribution < 1.29 is 14.4 Å². The molecule has 3 amide bonds. The molecule has 43 heavy (non-hydrogen) atoms. The zero-order chi connectivity index (χ0) is 30.3. The summed E-state index contributed by atoms with van der Waals surface area (Å²) in [6.45, 7) is 4.13. The highest BCUT2D eigenvalue weighted by molar-refractivity contribution is 6.11. The van der Waals surface area contributed by atoms with E-state index in [4.69, 9.17) is 5.73 Å². The van der Waals surface area contributed by atoms with Gasteiger partial charge in [0.2, 0.25) is 11.8 Å². The van der Waals surface area contributed by atoms with Crippen LogP contribution < -0.4 is 21.7 Å². The molecule has 0 bridgehead atoms. The van der Waals surface area contributed by atoms with Crippen LogP contribution in [-0.2, 0) is 16.0 Å². The highest BCUT2D eigenvalue weighted by Gasteiger charge is 2.32. The van der Waals surface area contributed by atoms with Gasteiger partial charge in [-0.2, -0.15) is 0 Å². The van der Waals surface area contributed by atoms with Crippen molar-refractivity contribution in [3.63, 3.8) is 0 Å². The van der Waals surface area contributed by atoms with E-state index in [9.17, 15) is 14.4 Å². The number of carbonyl (C=O) groups excluding carboxylic acids is 3. The standard InChI is InChI=1S/C36H36N4O3/c1-3-23(2)34-29(25-15-7-8-18-28(25)35(42)40-34)22-33(41)38-31-19-11-9-16-26(31)27-17-10-12-20-32(27)39-36(43)30(37)21-24-13-5-4-6-14-24/h4-20,22-23,30,34H,3,21,37H2,1-2H3,(H,38,41)(H,39,43)(H,40,42). The van der Waals surface area contributed by atoms with Gasteiger partial charge in [-0.1, -0.05) is 105 Å². The summed E-state index contributed by atoms with van der Waals surface area (Å²) in [5.74, 6) is -0.608. The zero-order valence-electron chi connectivity index (χ0n) is 24.3. The average Bonchev–Trinajstić information content (AvgIpc) is 3.03. The van der Waals surface area contributed by atoms with Crippen molar-refractivity contribution in [3.8, 4) is 11.1 Å². The van der Waals surface area contributed by atoms with Gasteiger partial charge in [-0.15, -0.1) is 0 Å². The number of para-hydroxylation sites is 2. The fraction of sp³-hybridized carbons (Fsp3) is 0.194. The Morgan fingerprint density at radius 2 is 1.33 bits per heavy atom. The molecule has 0 spiro atoms. The summed E-state index contributed by atoms with van der Waals surface area (Å²) < 4.78 is 0. The van der Waals surface area contributed by atoms with Crippen molar-refractivity contribution in [2.45, 2.75) is 38.8 Å². The normalized spacial score (nSPS) is 16.5. The molecule has 218 valence electrons. The molecule has 7 heteroatoms. The Bertz CT molecular complexity index is 1660. The fourth-order valence-electron chi connectivity index (χ4n) is 5.40. The smallest absolute Gasteiger partial charge is 0.252 e. The molecule has 0 saturated carbocycles. The van der Waals surface area contributed by atoms with Crippen LogP contribution in [0, 0.1) is 5.92 Å². The first-order chi connectivity index (χ1) is 20.9. The summed E-state index contributed by atoms with van der Waals surface area (Å²) in [6.07, 6.45) is 2.84. The number of nitrogens with one attached hydrogen (secondary N) is 3. The lowest BCUT2D eigenvalue weighted by Gasteiger charge is -2.32. The topological polar surface area (TPSA) is 113 Å². The van der Waals surface area contributed by atoms with Gasteiger partial charge in [0.15, 0.2) is 0 Å². The van der Waals surface area contributed by atoms with Gasteiger partial charge in [0.1, 0.15) is 0 Å². The quantitative estimate of drug-likeness (QED) is 0.183. The maximum Gasteiger partial charge on any atom is 0.252 e. The molecular formula is C36H36N4O3. The van der Waals surface area contributed by atoms with Gasteiger partial charge in [0.25, 0.3) is 5.91 Å². The van der Waals surface area contributed by atoms with E-state index in [1.54, 1.807) is 12.1 Å². The molecule has 5 N–H and O–H groups in total. The van der Waals surface area contributed by atoms with E-state index in [1.165, 1.54) is 0 Å². The molecule has 1 aliphatic rings. The third-order valence-electron chi connectivity index (χ3n) is 7.90. The van der Waals surface area contributed by atoms with E-state index in [-0.39, 0.29) is 29.7 Å². The Hall–Kier alpha value is -5.01. The first-order valence-electron chi connectivity index (χ1n) is 14.6. The van der Waals surface area contributed by atoms with Crippen LogP contribution in [0.5, 0.6) is 0 Å². The second-order valence-electron chi connectivity index (χ2n) is 10.8. The first kappa shape index (κ1) is 29.5. The summed E-state index contributed by atoms with van der Waals surface area (Å²) in [7, 11) is 0. The van der Waals surface area contributed by atoms with Gasteiger partial charge in [0.05, 0.1) is 12.1 Å². The van der Waals surface area contributed by atoms with E-state index < -0.39 is 6.04 Å². The number of benzene rings is 4. The molecule has 7 nitrogen and oxygen atoms in total. The van der Waals surface area contributed by atoms with Crippen molar-refractivity contribution >= 4 is 34.7 Å². The number of fused-ring (bicyclic) bond motifs is 1. The Kier molecular flexibility index (Phi) is 9.13. The molecule has 1 heterocycles. The van der Waals surface area contributed by atoms with Crippen LogP contribution in [-0.4, -0.2) is 29.8 Å². The van der Waals surface area contributed by atoms with E-state index >= 15 is 0 Å². The third-order valence-corrected chi connectivity index (χ3v) is 7.90. The minimum Gasteiger partial charge on any atom is -0.345 e. The van der Waals surface area contributed by atoms with Crippen LogP contribution in [0.15, 0.2) is 109 Å². The lowest BCUT2D eigenvalue weighted by Crippen LogP contribution is -2.44. The maximum absolute atomic E-state index is 13.6. The minimum atomic E-state index is -0.727. The van der Waals surface area contributed by atoms with Gasteiger partial charge in [0, 0.05) is 34.1 Å². The number of anilines is 2. The lowest BCUT2D eigenvalue weighted by molar-refractivity contribution is -0.117. The molecule has 4 aromatic carbocycles. The summed E-state index contributed by atoms with van der Waals surface area (Å²) in [5.41, 5.74) is 12.0. The van der Waals surface area contributed by atoms with Gasteiger partial charge in [-0.3, -0.25) is 14.4 Å². The second-order valence-corrected chi connectivity index (χ2v) is 10.8. The maximum atomic E-state index is 13.6. The predicted molar refractivity (Wildman–Crippen MR) is 172 cm³/mol. The molecule has 5 rings (SSSR count). The van der Waals surface area contributed by atoms with Crippen LogP contribution in [0.1, 0.15) is 41.8 Å². The third kappa shape index (κ3) is 6.74. The molecule has 0 aromatic heterocycles. The molecule has 3 unspecified atom stereocenters. The fourth-order valence-corrected chi connectivity index (χ4v) is 5.40. The molecule has 0 fully saturated rings. The molecule has 1 aliphatic heterocycles. The summed E-state index contributed by atoms with van der Waals surface area (Å²) >= 11 is 0. The Labute approximate surface area is 252 Å². The van der Waals surface area contributed by atoms with Crippen molar-refractivity contribution in [1.82, 2.24) is 5.32 Å². The van der Waals surface area contributed by atoms with Crippen LogP contribution in [0.4, 0.5) is 11.4 Å². The number of amides is 3. The Morgan fingerprint density at radius 3 is 1.95 bits per heavy atom. The van der Waals surface area contributed by atoms with Gasteiger partial charge in [-0.05, 0) is 47.2 Å². The summed E-state index contributed by atoms with van der Waals surface area (Å²) in [5, 5.41) is 9.12. The van der Waals surface area contributed by atoms with E-state index in [0.29, 0.717) is 23.4 Å². The molecule has 0 saturated heterocycles. The average molecular weight is 573 g/mol. The Balaban J connectivity index is 1.41. The lowest BCUT2D eigenvalue weighted by atomic mass is 9.82. The van der Waals surface area contributed by atoms with E-state index in [2.05, 4.69) is 29.8 Å². The SMILES string of the molecule is CCC(C)C1NC(=O)c2ccccc2C1=CC(=O)Nc1ccccc1-c1ccccc1NC(=O)C(N)Cc1ccccc1. The molecule has 0 aliphatic carbocycles. The molecule has 4 aromatic rings. The van der Waals surface area contributed by atoms with Gasteiger partial charge >= 0.3 is 0 Å². The molecule has 0 radical (unpaired) electrons. The summed E-state index contributed by atoms with van der Waals surface area (Å²) in [6, 6.07) is 30.9. The largest absolute Gasteiger partial charge is 0.345 e. The number of nitrogens with two attached hydrogens (primary N) is 1. The van der Waals surface area contributed by atoms with Crippen molar-refractivity contribution in [3.05, 3.63) is 126 Å². The Morgan fingerprint density at radius 1 is 0.791 bits per heavy atom. The predicted octanol–water partition coefficient (Wildman–Crippen LogP) is 6.04. The summed E-state index contributed by atoms with van der Waals surface area (Å²) in [4.78, 5) is 39.4. The van der Waals surface area contributed by atoms with Crippen LogP contribution >= 0.6 is 0 Å². The second kappa shape index (κ2) is 13.3. The molecule has 3 atom stereocenters.